The molecule has 1 heterocycles. The number of hydrazone groups is 1. The van der Waals surface area contributed by atoms with Gasteiger partial charge in [-0.25, -0.2) is 0 Å². The number of carbonyl (C=O) groups excluding carboxylic acids is 1. The maximum atomic E-state index is 13.2. The van der Waals surface area contributed by atoms with Crippen molar-refractivity contribution in [2.45, 2.75) is 18.3 Å². The van der Waals surface area contributed by atoms with Crippen LogP contribution >= 0.6 is 0 Å². The van der Waals surface area contributed by atoms with Crippen molar-refractivity contribution < 1.29 is 27.8 Å². The number of halogens is 3. The molecular weight excluding hydrogens is 349 g/mol. The second-order valence-corrected chi connectivity index (χ2v) is 5.75. The van der Waals surface area contributed by atoms with Gasteiger partial charge in [0.25, 0.3) is 5.91 Å². The zero-order valence-electron chi connectivity index (χ0n) is 13.7. The first-order valence-corrected chi connectivity index (χ1v) is 7.67. The molecule has 5 nitrogen and oxygen atoms in total. The summed E-state index contributed by atoms with van der Waals surface area (Å²) in [7, 11) is 1.45. The molecule has 2 aromatic carbocycles. The summed E-state index contributed by atoms with van der Waals surface area (Å²) in [6.45, 7) is 0. The highest BCUT2D eigenvalue weighted by Crippen LogP contribution is 2.40. The largest absolute Gasteiger partial charge is 0.497 e. The monoisotopic (exact) mass is 364 g/mol. The van der Waals surface area contributed by atoms with E-state index in [9.17, 15) is 23.1 Å². The Morgan fingerprint density at radius 1 is 1.15 bits per heavy atom. The maximum absolute atomic E-state index is 13.2. The first kappa shape index (κ1) is 17.9. The third-order valence-electron chi connectivity index (χ3n) is 4.08. The van der Waals surface area contributed by atoms with Crippen LogP contribution in [0.4, 0.5) is 13.2 Å². The van der Waals surface area contributed by atoms with E-state index in [2.05, 4.69) is 5.10 Å². The lowest BCUT2D eigenvalue weighted by molar-refractivity contribution is -0.0816. The normalized spacial score (nSPS) is 20.0. The fraction of sp³-hybridized carbons (Fsp3) is 0.222. The van der Waals surface area contributed by atoms with E-state index in [1.807, 2.05) is 0 Å². The Hall–Kier alpha value is -2.87. The minimum atomic E-state index is -4.75. The Morgan fingerprint density at radius 3 is 2.31 bits per heavy atom. The number of ether oxygens (including phenoxy) is 1. The molecule has 0 fully saturated rings. The molecule has 0 bridgehead atoms. The van der Waals surface area contributed by atoms with Crippen molar-refractivity contribution in [2.75, 3.05) is 7.11 Å². The van der Waals surface area contributed by atoms with Crippen LogP contribution in [0.2, 0.25) is 0 Å². The number of alkyl halides is 3. The molecule has 0 saturated heterocycles. The molecule has 1 amide bonds. The number of nitrogens with zero attached hydrogens (tertiary/aromatic N) is 2. The number of aliphatic hydroxyl groups is 1. The van der Waals surface area contributed by atoms with Gasteiger partial charge in [0.1, 0.15) is 11.5 Å². The maximum Gasteiger partial charge on any atom is 0.431 e. The molecule has 0 aliphatic carbocycles. The number of carbonyl (C=O) groups is 1. The van der Waals surface area contributed by atoms with Gasteiger partial charge >= 0.3 is 6.18 Å². The van der Waals surface area contributed by atoms with Gasteiger partial charge in [0.05, 0.1) is 13.5 Å². The van der Waals surface area contributed by atoms with Crippen molar-refractivity contribution >= 4 is 11.6 Å². The molecule has 1 aliphatic heterocycles. The van der Waals surface area contributed by atoms with Crippen molar-refractivity contribution in [3.8, 4) is 5.75 Å². The van der Waals surface area contributed by atoms with E-state index in [4.69, 9.17) is 4.74 Å². The van der Waals surface area contributed by atoms with Crippen molar-refractivity contribution in [2.24, 2.45) is 5.10 Å². The zero-order chi connectivity index (χ0) is 18.9. The molecule has 8 heteroatoms. The van der Waals surface area contributed by atoms with Gasteiger partial charge in [-0.2, -0.15) is 23.3 Å². The molecule has 0 radical (unpaired) electrons. The number of hydrogen-bond acceptors (Lipinski definition) is 4. The topological polar surface area (TPSA) is 62.1 Å². The number of hydrogen-bond donors (Lipinski definition) is 1. The average molecular weight is 364 g/mol. The van der Waals surface area contributed by atoms with E-state index in [0.29, 0.717) is 10.8 Å². The average Bonchev–Trinajstić information content (AvgIpc) is 3.01. The molecule has 0 spiro atoms. The van der Waals surface area contributed by atoms with E-state index in [0.717, 1.165) is 0 Å². The Labute approximate surface area is 147 Å². The number of methoxy groups -OCH3 is 1. The van der Waals surface area contributed by atoms with E-state index in [1.165, 1.54) is 43.5 Å². The smallest absolute Gasteiger partial charge is 0.431 e. The Balaban J connectivity index is 2.03. The highest BCUT2D eigenvalue weighted by atomic mass is 19.4. The fourth-order valence-corrected chi connectivity index (χ4v) is 2.70. The Kier molecular flexibility index (Phi) is 4.45. The quantitative estimate of drug-likeness (QED) is 0.909. The zero-order valence-corrected chi connectivity index (χ0v) is 13.7. The second-order valence-electron chi connectivity index (χ2n) is 5.75. The van der Waals surface area contributed by atoms with Crippen LogP contribution in [0.25, 0.3) is 0 Å². The van der Waals surface area contributed by atoms with Crippen LogP contribution in [0.15, 0.2) is 59.7 Å². The van der Waals surface area contributed by atoms with Crippen LogP contribution in [0.5, 0.6) is 5.75 Å². The molecule has 1 unspecified atom stereocenters. The summed E-state index contributed by atoms with van der Waals surface area (Å²) >= 11 is 0. The van der Waals surface area contributed by atoms with Gasteiger partial charge in [0, 0.05) is 11.1 Å². The molecular formula is C18H15F3N2O3. The molecule has 1 aliphatic rings. The van der Waals surface area contributed by atoms with E-state index < -0.39 is 29.9 Å². The minimum Gasteiger partial charge on any atom is -0.497 e. The fourth-order valence-electron chi connectivity index (χ4n) is 2.70. The van der Waals surface area contributed by atoms with Gasteiger partial charge < -0.3 is 9.84 Å². The lowest BCUT2D eigenvalue weighted by atomic mass is 9.96. The highest BCUT2D eigenvalue weighted by molar-refractivity contribution is 5.99. The van der Waals surface area contributed by atoms with Crippen LogP contribution in [0, 0.1) is 0 Å². The highest BCUT2D eigenvalue weighted by Gasteiger charge is 2.53. The number of benzene rings is 2. The van der Waals surface area contributed by atoms with Gasteiger partial charge in [0.2, 0.25) is 0 Å². The SMILES string of the molecule is COc1ccc(C(=O)N2N=C(C(F)(F)F)CC2(O)c2ccccc2)cc1. The second kappa shape index (κ2) is 6.45. The standard InChI is InChI=1S/C18H15F3N2O3/c1-26-14-9-7-12(8-10-14)16(24)23-17(25,13-5-3-2-4-6-13)11-15(22-23)18(19,20)21/h2-10,25H,11H2,1H3. The summed E-state index contributed by atoms with van der Waals surface area (Å²) in [4.78, 5) is 12.8. The molecule has 3 rings (SSSR count). The third-order valence-corrected chi connectivity index (χ3v) is 4.08. The summed E-state index contributed by atoms with van der Waals surface area (Å²) in [5.41, 5.74) is -3.22. The lowest BCUT2D eigenvalue weighted by Gasteiger charge is -2.31. The molecule has 0 saturated carbocycles. The predicted molar refractivity (Wildman–Crippen MR) is 87.6 cm³/mol. The van der Waals surface area contributed by atoms with Crippen molar-refractivity contribution in [3.05, 3.63) is 65.7 Å². The summed E-state index contributed by atoms with van der Waals surface area (Å²) in [5, 5.41) is 14.8. The van der Waals surface area contributed by atoms with Crippen molar-refractivity contribution in [1.82, 2.24) is 5.01 Å². The lowest BCUT2D eigenvalue weighted by Crippen LogP contribution is -2.43. The van der Waals surface area contributed by atoms with Crippen molar-refractivity contribution in [3.63, 3.8) is 0 Å². The van der Waals surface area contributed by atoms with Crippen LogP contribution in [0.1, 0.15) is 22.3 Å². The molecule has 1 N–H and O–H groups in total. The van der Waals surface area contributed by atoms with E-state index >= 15 is 0 Å². The van der Waals surface area contributed by atoms with Gasteiger partial charge in [-0.15, -0.1) is 0 Å². The van der Waals surface area contributed by atoms with Crippen molar-refractivity contribution in [1.29, 1.82) is 0 Å². The van der Waals surface area contributed by atoms with Gasteiger partial charge in [-0.3, -0.25) is 4.79 Å². The summed E-state index contributed by atoms with van der Waals surface area (Å²) in [6.07, 6.45) is -5.60. The minimum absolute atomic E-state index is 0.0762. The molecule has 0 aromatic heterocycles. The summed E-state index contributed by atoms with van der Waals surface area (Å²) in [5.74, 6) is -0.362. The number of amides is 1. The Morgan fingerprint density at radius 2 is 1.77 bits per heavy atom. The molecule has 136 valence electrons. The van der Waals surface area contributed by atoms with E-state index in [-0.39, 0.29) is 11.1 Å². The Bertz CT molecular complexity index is 835. The third kappa shape index (κ3) is 3.15. The molecule has 2 aromatic rings. The van der Waals surface area contributed by atoms with Gasteiger partial charge in [-0.05, 0) is 24.3 Å². The summed E-state index contributed by atoms with van der Waals surface area (Å²) in [6, 6.07) is 13.5. The van der Waals surface area contributed by atoms with Gasteiger partial charge in [-0.1, -0.05) is 30.3 Å². The van der Waals surface area contributed by atoms with Crippen LogP contribution in [0.3, 0.4) is 0 Å². The molecule has 26 heavy (non-hydrogen) atoms. The summed E-state index contributed by atoms with van der Waals surface area (Å²) < 4.78 is 44.5. The predicted octanol–water partition coefficient (Wildman–Crippen LogP) is 3.30. The molecule has 1 atom stereocenters. The first-order chi connectivity index (χ1) is 12.3. The van der Waals surface area contributed by atoms with E-state index in [1.54, 1.807) is 18.2 Å². The first-order valence-electron chi connectivity index (χ1n) is 7.67. The van der Waals surface area contributed by atoms with Crippen LogP contribution in [-0.2, 0) is 5.72 Å². The number of rotatable bonds is 3. The van der Waals surface area contributed by atoms with Gasteiger partial charge in [0.15, 0.2) is 5.72 Å². The van der Waals surface area contributed by atoms with Crippen LogP contribution < -0.4 is 4.74 Å². The van der Waals surface area contributed by atoms with Crippen LogP contribution in [-0.4, -0.2) is 35.0 Å².